The van der Waals surface area contributed by atoms with Crippen LogP contribution in [0.5, 0.6) is 0 Å². The van der Waals surface area contributed by atoms with Gasteiger partial charge in [0.05, 0.1) is 6.04 Å². The Morgan fingerprint density at radius 2 is 2.07 bits per heavy atom. The van der Waals surface area contributed by atoms with Crippen molar-refractivity contribution in [2.75, 3.05) is 0 Å². The van der Waals surface area contributed by atoms with E-state index in [1.54, 1.807) is 11.9 Å². The number of benzene rings is 1. The average molecular weight is 202 g/mol. The third-order valence-corrected chi connectivity index (χ3v) is 2.57. The van der Waals surface area contributed by atoms with E-state index < -0.39 is 0 Å². The van der Waals surface area contributed by atoms with Gasteiger partial charge in [-0.2, -0.15) is 5.10 Å². The molecule has 3 heteroatoms. The second kappa shape index (κ2) is 3.85. The summed E-state index contributed by atoms with van der Waals surface area (Å²) in [6, 6.07) is 10.1. The highest BCUT2D eigenvalue weighted by atomic mass is 16.2. The maximum atomic E-state index is 11.4. The number of carbonyl (C=O) groups is 1. The van der Waals surface area contributed by atoms with Crippen molar-refractivity contribution in [1.82, 2.24) is 5.01 Å². The van der Waals surface area contributed by atoms with Gasteiger partial charge in [-0.25, -0.2) is 5.01 Å². The maximum Gasteiger partial charge on any atom is 0.240 e. The predicted octanol–water partition coefficient (Wildman–Crippen LogP) is 2.36. The summed E-state index contributed by atoms with van der Waals surface area (Å²) in [7, 11) is 0. The van der Waals surface area contributed by atoms with Crippen LogP contribution in [0.3, 0.4) is 0 Å². The largest absolute Gasteiger partial charge is 0.273 e. The molecule has 1 aromatic rings. The normalized spacial score (nSPS) is 20.3. The van der Waals surface area contributed by atoms with Gasteiger partial charge in [-0.1, -0.05) is 30.3 Å². The highest BCUT2D eigenvalue weighted by molar-refractivity contribution is 5.87. The Labute approximate surface area is 89.4 Å². The molecule has 1 heterocycles. The minimum absolute atomic E-state index is 0.000651. The quantitative estimate of drug-likeness (QED) is 0.688. The van der Waals surface area contributed by atoms with Crippen LogP contribution in [0.25, 0.3) is 0 Å². The molecule has 2 rings (SSSR count). The zero-order valence-corrected chi connectivity index (χ0v) is 8.97. The first-order valence-corrected chi connectivity index (χ1v) is 5.07. The van der Waals surface area contributed by atoms with E-state index in [9.17, 15) is 4.79 Å². The predicted molar refractivity (Wildman–Crippen MR) is 59.4 cm³/mol. The second-order valence-corrected chi connectivity index (χ2v) is 3.83. The van der Waals surface area contributed by atoms with Crippen molar-refractivity contribution in [1.29, 1.82) is 0 Å². The fourth-order valence-corrected chi connectivity index (χ4v) is 1.88. The molecule has 0 spiro atoms. The summed E-state index contributed by atoms with van der Waals surface area (Å²) in [6.45, 7) is 3.51. The van der Waals surface area contributed by atoms with Crippen LogP contribution in [0.1, 0.15) is 31.9 Å². The first-order valence-electron chi connectivity index (χ1n) is 5.07. The van der Waals surface area contributed by atoms with Gasteiger partial charge in [0.2, 0.25) is 5.91 Å². The van der Waals surface area contributed by atoms with E-state index in [1.165, 1.54) is 0 Å². The summed E-state index contributed by atoms with van der Waals surface area (Å²) in [4.78, 5) is 11.4. The molecule has 0 N–H and O–H groups in total. The molecule has 0 saturated heterocycles. The molecule has 1 aromatic carbocycles. The lowest BCUT2D eigenvalue weighted by molar-refractivity contribution is -0.130. The summed E-state index contributed by atoms with van der Waals surface area (Å²) in [5, 5.41) is 5.82. The molecule has 1 aliphatic heterocycles. The topological polar surface area (TPSA) is 32.7 Å². The number of hydrazone groups is 1. The van der Waals surface area contributed by atoms with Gasteiger partial charge in [0.1, 0.15) is 0 Å². The molecule has 3 nitrogen and oxygen atoms in total. The fraction of sp³-hybridized carbons (Fsp3) is 0.333. The van der Waals surface area contributed by atoms with Crippen LogP contribution in [0.2, 0.25) is 0 Å². The Hall–Kier alpha value is -1.64. The van der Waals surface area contributed by atoms with Crippen LogP contribution in [0.15, 0.2) is 35.4 Å². The smallest absolute Gasteiger partial charge is 0.240 e. The van der Waals surface area contributed by atoms with Gasteiger partial charge in [0.15, 0.2) is 0 Å². The van der Waals surface area contributed by atoms with Gasteiger partial charge in [-0.3, -0.25) is 4.79 Å². The Morgan fingerprint density at radius 3 is 2.67 bits per heavy atom. The van der Waals surface area contributed by atoms with Crippen molar-refractivity contribution >= 4 is 11.6 Å². The number of nitrogens with zero attached hydrogens (tertiary/aromatic N) is 2. The lowest BCUT2D eigenvalue weighted by Gasteiger charge is -2.20. The minimum atomic E-state index is 0.000651. The van der Waals surface area contributed by atoms with Crippen molar-refractivity contribution < 1.29 is 4.79 Å². The molecule has 15 heavy (non-hydrogen) atoms. The van der Waals surface area contributed by atoms with Crippen molar-refractivity contribution in [3.63, 3.8) is 0 Å². The Bertz CT molecular complexity index is 397. The van der Waals surface area contributed by atoms with Gasteiger partial charge in [0, 0.05) is 19.1 Å². The average Bonchev–Trinajstić information content (AvgIpc) is 2.62. The molecular formula is C12H14N2O. The molecule has 0 bridgehead atoms. The summed E-state index contributed by atoms with van der Waals surface area (Å²) < 4.78 is 0. The van der Waals surface area contributed by atoms with Crippen LogP contribution in [0.4, 0.5) is 0 Å². The number of hydrogen-bond acceptors (Lipinski definition) is 2. The standard InChI is InChI=1S/C12H14N2O/c1-9-8-12(14(13-9)10(2)15)11-6-4-3-5-7-11/h3-7,12H,8H2,1-2H3. The van der Waals surface area contributed by atoms with E-state index >= 15 is 0 Å². The molecule has 78 valence electrons. The van der Waals surface area contributed by atoms with E-state index in [0.717, 1.165) is 17.7 Å². The van der Waals surface area contributed by atoms with Gasteiger partial charge >= 0.3 is 0 Å². The van der Waals surface area contributed by atoms with Crippen molar-refractivity contribution in [2.24, 2.45) is 5.10 Å². The molecular weight excluding hydrogens is 188 g/mol. The Kier molecular flexibility index (Phi) is 2.54. The third-order valence-electron chi connectivity index (χ3n) is 2.57. The third kappa shape index (κ3) is 1.91. The molecule has 1 atom stereocenters. The SMILES string of the molecule is CC(=O)N1N=C(C)CC1c1ccccc1. The van der Waals surface area contributed by atoms with Gasteiger partial charge in [-0.15, -0.1) is 0 Å². The van der Waals surface area contributed by atoms with Gasteiger partial charge < -0.3 is 0 Å². The van der Waals surface area contributed by atoms with E-state index in [2.05, 4.69) is 5.10 Å². The zero-order chi connectivity index (χ0) is 10.8. The number of carbonyl (C=O) groups excluding carboxylic acids is 1. The molecule has 1 unspecified atom stereocenters. The molecule has 0 radical (unpaired) electrons. The lowest BCUT2D eigenvalue weighted by atomic mass is 10.0. The first kappa shape index (κ1) is 9.90. The summed E-state index contributed by atoms with van der Waals surface area (Å²) in [5.74, 6) is 0.000651. The molecule has 0 fully saturated rings. The van der Waals surface area contributed by atoms with E-state index in [1.807, 2.05) is 37.3 Å². The first-order chi connectivity index (χ1) is 7.18. The summed E-state index contributed by atoms with van der Waals surface area (Å²) in [6.07, 6.45) is 0.837. The van der Waals surface area contributed by atoms with E-state index in [4.69, 9.17) is 0 Å². The zero-order valence-electron chi connectivity index (χ0n) is 8.97. The van der Waals surface area contributed by atoms with Gasteiger partial charge in [0.25, 0.3) is 0 Å². The molecule has 1 amide bonds. The van der Waals surface area contributed by atoms with E-state index in [-0.39, 0.29) is 11.9 Å². The van der Waals surface area contributed by atoms with Crippen molar-refractivity contribution in [3.8, 4) is 0 Å². The monoisotopic (exact) mass is 202 g/mol. The number of hydrogen-bond donors (Lipinski definition) is 0. The fourth-order valence-electron chi connectivity index (χ4n) is 1.88. The molecule has 1 aliphatic rings. The highest BCUT2D eigenvalue weighted by Gasteiger charge is 2.28. The van der Waals surface area contributed by atoms with Crippen LogP contribution in [0, 0.1) is 0 Å². The van der Waals surface area contributed by atoms with Crippen molar-refractivity contribution in [3.05, 3.63) is 35.9 Å². The van der Waals surface area contributed by atoms with Gasteiger partial charge in [-0.05, 0) is 12.5 Å². The summed E-state index contributed by atoms with van der Waals surface area (Å²) in [5.41, 5.74) is 2.16. The van der Waals surface area contributed by atoms with Crippen LogP contribution in [-0.4, -0.2) is 16.6 Å². The second-order valence-electron chi connectivity index (χ2n) is 3.83. The van der Waals surface area contributed by atoms with Crippen LogP contribution < -0.4 is 0 Å². The lowest BCUT2D eigenvalue weighted by Crippen LogP contribution is -2.24. The molecule has 0 saturated carbocycles. The highest BCUT2D eigenvalue weighted by Crippen LogP contribution is 2.30. The number of amides is 1. The summed E-state index contributed by atoms with van der Waals surface area (Å²) >= 11 is 0. The maximum absolute atomic E-state index is 11.4. The van der Waals surface area contributed by atoms with E-state index in [0.29, 0.717) is 0 Å². The molecule has 0 aromatic heterocycles. The number of rotatable bonds is 1. The van der Waals surface area contributed by atoms with Crippen LogP contribution >= 0.6 is 0 Å². The Balaban J connectivity index is 2.28. The van der Waals surface area contributed by atoms with Crippen LogP contribution in [-0.2, 0) is 4.79 Å². The van der Waals surface area contributed by atoms with Crippen molar-refractivity contribution in [2.45, 2.75) is 26.3 Å². The minimum Gasteiger partial charge on any atom is -0.273 e. The molecule has 0 aliphatic carbocycles. The Morgan fingerprint density at radius 1 is 1.40 bits per heavy atom.